The van der Waals surface area contributed by atoms with Gasteiger partial charge in [-0.15, -0.1) is 0 Å². The van der Waals surface area contributed by atoms with E-state index in [9.17, 15) is 14.4 Å². The van der Waals surface area contributed by atoms with Crippen LogP contribution in [0.1, 0.15) is 70.8 Å². The number of rotatable bonds is 16. The zero-order valence-corrected chi connectivity index (χ0v) is 20.4. The molecule has 1 heterocycles. The fourth-order valence-electron chi connectivity index (χ4n) is 3.63. The molecule has 0 fully saturated rings. The molecule has 2 atom stereocenters. The molecular weight excluding hydrogens is 434 g/mol. The topological polar surface area (TPSA) is 124 Å². The van der Waals surface area contributed by atoms with E-state index in [1.807, 2.05) is 30.5 Å². The third kappa shape index (κ3) is 9.17. The molecule has 0 saturated heterocycles. The molecule has 188 valence electrons. The number of para-hydroxylation sites is 1. The molecule has 0 aliphatic carbocycles. The SMILES string of the molecule is CCCCCOC(=O)CC[C@H](N)C(=O)N[C@@H](Cc1c[nH]c2ccccc12)C(=O)OCCCCC. The summed E-state index contributed by atoms with van der Waals surface area (Å²) < 4.78 is 10.6. The van der Waals surface area contributed by atoms with Gasteiger partial charge in [-0.25, -0.2) is 4.79 Å². The van der Waals surface area contributed by atoms with Crippen molar-refractivity contribution >= 4 is 28.7 Å². The number of aromatic nitrogens is 1. The highest BCUT2D eigenvalue weighted by Crippen LogP contribution is 2.19. The minimum absolute atomic E-state index is 0.0509. The number of hydrogen-bond acceptors (Lipinski definition) is 6. The first-order valence-electron chi connectivity index (χ1n) is 12.4. The van der Waals surface area contributed by atoms with Crippen LogP contribution in [0.3, 0.4) is 0 Å². The Morgan fingerprint density at radius 1 is 1.00 bits per heavy atom. The van der Waals surface area contributed by atoms with Gasteiger partial charge in [-0.1, -0.05) is 57.7 Å². The maximum atomic E-state index is 12.8. The van der Waals surface area contributed by atoms with Crippen LogP contribution in [0.2, 0.25) is 0 Å². The summed E-state index contributed by atoms with van der Waals surface area (Å²) in [5.74, 6) is -1.35. The average Bonchev–Trinajstić information content (AvgIpc) is 3.25. The summed E-state index contributed by atoms with van der Waals surface area (Å²) in [4.78, 5) is 40.6. The zero-order valence-electron chi connectivity index (χ0n) is 20.4. The van der Waals surface area contributed by atoms with Gasteiger partial charge in [0.2, 0.25) is 5.91 Å². The lowest BCUT2D eigenvalue weighted by atomic mass is 10.0. The lowest BCUT2D eigenvalue weighted by Gasteiger charge is -2.20. The highest BCUT2D eigenvalue weighted by Gasteiger charge is 2.26. The molecule has 1 amide bonds. The van der Waals surface area contributed by atoms with Gasteiger partial charge in [-0.2, -0.15) is 0 Å². The molecule has 0 aliphatic heterocycles. The number of aromatic amines is 1. The van der Waals surface area contributed by atoms with Crippen molar-refractivity contribution in [2.24, 2.45) is 5.73 Å². The minimum Gasteiger partial charge on any atom is -0.466 e. The van der Waals surface area contributed by atoms with E-state index in [4.69, 9.17) is 15.2 Å². The van der Waals surface area contributed by atoms with Crippen molar-refractivity contribution in [3.8, 4) is 0 Å². The Balaban J connectivity index is 1.95. The monoisotopic (exact) mass is 473 g/mol. The van der Waals surface area contributed by atoms with Crippen LogP contribution in [0.5, 0.6) is 0 Å². The summed E-state index contributed by atoms with van der Waals surface area (Å²) in [6, 6.07) is 5.96. The molecule has 2 aromatic rings. The lowest BCUT2D eigenvalue weighted by molar-refractivity contribution is -0.148. The first-order chi connectivity index (χ1) is 16.5. The maximum Gasteiger partial charge on any atom is 0.328 e. The summed E-state index contributed by atoms with van der Waals surface area (Å²) in [6.45, 7) is 4.84. The van der Waals surface area contributed by atoms with Crippen LogP contribution in [0.15, 0.2) is 30.5 Å². The van der Waals surface area contributed by atoms with E-state index in [2.05, 4.69) is 24.1 Å². The number of H-pyrrole nitrogens is 1. The largest absolute Gasteiger partial charge is 0.466 e. The van der Waals surface area contributed by atoms with Crippen LogP contribution in [0, 0.1) is 0 Å². The second-order valence-corrected chi connectivity index (χ2v) is 8.57. The van der Waals surface area contributed by atoms with Crippen LogP contribution in [0.4, 0.5) is 0 Å². The van der Waals surface area contributed by atoms with Gasteiger partial charge in [-0.3, -0.25) is 9.59 Å². The summed E-state index contributed by atoms with van der Waals surface area (Å²) in [5, 5.41) is 3.72. The number of benzene rings is 1. The smallest absolute Gasteiger partial charge is 0.328 e. The number of amides is 1. The van der Waals surface area contributed by atoms with Gasteiger partial charge in [0, 0.05) is 29.9 Å². The third-order valence-corrected chi connectivity index (χ3v) is 5.70. The van der Waals surface area contributed by atoms with Crippen LogP contribution in [-0.4, -0.2) is 48.1 Å². The molecule has 0 aliphatic rings. The molecule has 0 radical (unpaired) electrons. The highest BCUT2D eigenvalue weighted by molar-refractivity contribution is 5.89. The molecule has 0 unspecified atom stereocenters. The molecule has 1 aromatic heterocycles. The number of carbonyl (C=O) groups excluding carboxylic acids is 3. The Labute approximate surface area is 201 Å². The number of nitrogens with two attached hydrogens (primary N) is 1. The predicted octanol–water partition coefficient (Wildman–Crippen LogP) is 3.77. The Kier molecular flexibility index (Phi) is 12.2. The lowest BCUT2D eigenvalue weighted by Crippen LogP contribution is -2.50. The fraction of sp³-hybridized carbons (Fsp3) is 0.577. The molecule has 8 heteroatoms. The van der Waals surface area contributed by atoms with Crippen LogP contribution in [0.25, 0.3) is 10.9 Å². The standard InChI is InChI=1S/C26H39N3O5/c1-3-5-9-15-33-24(30)14-13-21(27)25(31)29-23(26(32)34-16-10-6-4-2)17-19-18-28-22-12-8-7-11-20(19)22/h7-8,11-12,18,21,23,28H,3-6,9-10,13-17,27H2,1-2H3,(H,29,31)/t21-,23-/m0/s1. The predicted molar refractivity (Wildman–Crippen MR) is 132 cm³/mol. The number of ether oxygens (including phenoxy) is 2. The number of carbonyl (C=O) groups is 3. The first kappa shape index (κ1) is 27.4. The van der Waals surface area contributed by atoms with E-state index in [0.29, 0.717) is 13.2 Å². The van der Waals surface area contributed by atoms with Gasteiger partial charge >= 0.3 is 11.9 Å². The molecule has 0 saturated carbocycles. The van der Waals surface area contributed by atoms with E-state index in [0.717, 1.165) is 55.0 Å². The number of unbranched alkanes of at least 4 members (excludes halogenated alkanes) is 4. The summed E-state index contributed by atoms with van der Waals surface area (Å²) >= 11 is 0. The molecule has 0 bridgehead atoms. The molecule has 8 nitrogen and oxygen atoms in total. The van der Waals surface area contributed by atoms with E-state index < -0.39 is 24.0 Å². The molecule has 34 heavy (non-hydrogen) atoms. The van der Waals surface area contributed by atoms with Gasteiger partial charge < -0.3 is 25.5 Å². The van der Waals surface area contributed by atoms with Gasteiger partial charge in [0.25, 0.3) is 0 Å². The van der Waals surface area contributed by atoms with Crippen LogP contribution in [-0.2, 0) is 30.3 Å². The van der Waals surface area contributed by atoms with Gasteiger partial charge in [0.15, 0.2) is 0 Å². The van der Waals surface area contributed by atoms with Crippen molar-refractivity contribution in [2.45, 2.75) is 83.7 Å². The molecule has 2 rings (SSSR count). The summed E-state index contributed by atoms with van der Waals surface area (Å²) in [6.07, 6.45) is 7.93. The van der Waals surface area contributed by atoms with E-state index in [-0.39, 0.29) is 25.2 Å². The van der Waals surface area contributed by atoms with Crippen molar-refractivity contribution < 1.29 is 23.9 Å². The van der Waals surface area contributed by atoms with E-state index >= 15 is 0 Å². The third-order valence-electron chi connectivity index (χ3n) is 5.70. The number of esters is 2. The van der Waals surface area contributed by atoms with Crippen LogP contribution < -0.4 is 11.1 Å². The van der Waals surface area contributed by atoms with Gasteiger partial charge in [-0.05, 0) is 30.9 Å². The number of hydrogen-bond donors (Lipinski definition) is 3. The Morgan fingerprint density at radius 2 is 1.68 bits per heavy atom. The minimum atomic E-state index is -0.929. The second kappa shape index (κ2) is 15.1. The molecule has 0 spiro atoms. The summed E-state index contributed by atoms with van der Waals surface area (Å²) in [7, 11) is 0. The van der Waals surface area contributed by atoms with Crippen LogP contribution >= 0.6 is 0 Å². The molecule has 1 aromatic carbocycles. The highest BCUT2D eigenvalue weighted by atomic mass is 16.5. The Morgan fingerprint density at radius 3 is 2.38 bits per heavy atom. The summed E-state index contributed by atoms with van der Waals surface area (Å²) in [5.41, 5.74) is 7.87. The Hall–Kier alpha value is -2.87. The van der Waals surface area contributed by atoms with Crippen molar-refractivity contribution in [3.63, 3.8) is 0 Å². The Bertz CT molecular complexity index is 911. The quantitative estimate of drug-likeness (QED) is 0.252. The van der Waals surface area contributed by atoms with Gasteiger partial charge in [0.1, 0.15) is 6.04 Å². The molecule has 4 N–H and O–H groups in total. The first-order valence-corrected chi connectivity index (χ1v) is 12.4. The van der Waals surface area contributed by atoms with E-state index in [1.165, 1.54) is 0 Å². The van der Waals surface area contributed by atoms with Gasteiger partial charge in [0.05, 0.1) is 19.3 Å². The van der Waals surface area contributed by atoms with Crippen molar-refractivity contribution in [3.05, 3.63) is 36.0 Å². The normalized spacial score (nSPS) is 12.8. The second-order valence-electron chi connectivity index (χ2n) is 8.57. The van der Waals surface area contributed by atoms with Crippen molar-refractivity contribution in [1.29, 1.82) is 0 Å². The van der Waals surface area contributed by atoms with Crippen molar-refractivity contribution in [2.75, 3.05) is 13.2 Å². The van der Waals surface area contributed by atoms with E-state index in [1.54, 1.807) is 0 Å². The fourth-order valence-corrected chi connectivity index (χ4v) is 3.63. The maximum absolute atomic E-state index is 12.8. The average molecular weight is 474 g/mol. The van der Waals surface area contributed by atoms with Crippen molar-refractivity contribution in [1.82, 2.24) is 10.3 Å². The number of nitrogens with one attached hydrogen (secondary N) is 2. The number of fused-ring (bicyclic) bond motifs is 1. The zero-order chi connectivity index (χ0) is 24.8. The molecular formula is C26H39N3O5.